The highest BCUT2D eigenvalue weighted by Gasteiger charge is 2.21. The molecule has 9 heteroatoms. The fraction of sp³-hybridized carbons (Fsp3) is 0.222. The van der Waals surface area contributed by atoms with Crippen LogP contribution in [0, 0.1) is 6.92 Å². The number of amides is 1. The molecule has 2 aromatic carbocycles. The van der Waals surface area contributed by atoms with Gasteiger partial charge in [-0.15, -0.1) is 22.7 Å². The number of nitrogens with one attached hydrogen (secondary N) is 1. The summed E-state index contributed by atoms with van der Waals surface area (Å²) in [5, 5.41) is 8.99. The lowest BCUT2D eigenvalue weighted by Gasteiger charge is -2.14. The minimum absolute atomic E-state index is 0. The molecular formula is C27H26N2O5S2. The summed E-state index contributed by atoms with van der Waals surface area (Å²) in [6, 6.07) is 17.8. The molecule has 0 fully saturated rings. The predicted octanol–water partition coefficient (Wildman–Crippen LogP) is 7.74. The van der Waals surface area contributed by atoms with E-state index in [1.807, 2.05) is 49.4 Å². The summed E-state index contributed by atoms with van der Waals surface area (Å²) in [7, 11) is 1.39. The Morgan fingerprint density at radius 1 is 1.06 bits per heavy atom. The number of carbonyl (C=O) groups is 2. The number of aryl methyl sites for hydroxylation is 1. The van der Waals surface area contributed by atoms with Crippen molar-refractivity contribution in [3.63, 3.8) is 0 Å². The standard InChI is InChI=1S/C26H22N2O5S2.CH4/c1-14-24(27-26(30)32-15(2)16-7-5-4-6-8-16)25(33-28-14)22-12-18-11-20-17(10-21(18)35-22)9-19(34-20)13-23(29)31-3;/h4-12,15H,13H2,1-3H3,(H,27,30);1H4/t15-;/m1./s1. The van der Waals surface area contributed by atoms with Crippen LogP contribution in [0.1, 0.15) is 36.6 Å². The third kappa shape index (κ3) is 5.12. The molecule has 7 nitrogen and oxygen atoms in total. The van der Waals surface area contributed by atoms with Gasteiger partial charge >= 0.3 is 12.1 Å². The van der Waals surface area contributed by atoms with E-state index in [0.717, 1.165) is 35.5 Å². The topological polar surface area (TPSA) is 90.7 Å². The van der Waals surface area contributed by atoms with Gasteiger partial charge in [0.05, 0.1) is 18.4 Å². The molecule has 36 heavy (non-hydrogen) atoms. The van der Waals surface area contributed by atoms with Crippen molar-refractivity contribution >= 4 is 60.6 Å². The molecule has 0 saturated heterocycles. The normalized spacial score (nSPS) is 11.8. The first-order chi connectivity index (χ1) is 16.9. The molecule has 0 aliphatic heterocycles. The first-order valence-corrected chi connectivity index (χ1v) is 12.6. The van der Waals surface area contributed by atoms with Gasteiger partial charge in [-0.05, 0) is 54.4 Å². The van der Waals surface area contributed by atoms with Gasteiger partial charge in [0.1, 0.15) is 17.5 Å². The molecule has 0 unspecified atom stereocenters. The van der Waals surface area contributed by atoms with E-state index in [1.165, 1.54) is 7.11 Å². The van der Waals surface area contributed by atoms with Crippen molar-refractivity contribution in [3.8, 4) is 10.6 Å². The maximum Gasteiger partial charge on any atom is 0.412 e. The van der Waals surface area contributed by atoms with Gasteiger partial charge in [0, 0.05) is 14.3 Å². The number of carbonyl (C=O) groups excluding carboxylic acids is 2. The maximum atomic E-state index is 12.6. The van der Waals surface area contributed by atoms with E-state index < -0.39 is 12.2 Å². The minimum Gasteiger partial charge on any atom is -0.469 e. The molecule has 5 rings (SSSR count). The molecule has 1 N–H and O–H groups in total. The minimum atomic E-state index is -0.575. The summed E-state index contributed by atoms with van der Waals surface area (Å²) >= 11 is 3.12. The van der Waals surface area contributed by atoms with Crippen LogP contribution >= 0.6 is 22.7 Å². The van der Waals surface area contributed by atoms with Crippen LogP contribution in [-0.2, 0) is 20.7 Å². The lowest BCUT2D eigenvalue weighted by molar-refractivity contribution is -0.139. The highest BCUT2D eigenvalue weighted by molar-refractivity contribution is 7.23. The number of nitrogens with zero attached hydrogens (tertiary/aromatic N) is 1. The van der Waals surface area contributed by atoms with Crippen LogP contribution in [-0.4, -0.2) is 24.3 Å². The summed E-state index contributed by atoms with van der Waals surface area (Å²) in [6.07, 6.45) is -0.713. The Hall–Kier alpha value is -3.69. The third-order valence-electron chi connectivity index (χ3n) is 5.62. The van der Waals surface area contributed by atoms with Gasteiger partial charge in [-0.3, -0.25) is 10.1 Å². The molecule has 5 aromatic rings. The predicted molar refractivity (Wildman–Crippen MR) is 145 cm³/mol. The second-order valence-corrected chi connectivity index (χ2v) is 10.3. The number of ether oxygens (including phenoxy) is 2. The summed E-state index contributed by atoms with van der Waals surface area (Å²) in [6.45, 7) is 3.60. The van der Waals surface area contributed by atoms with Crippen molar-refractivity contribution in [2.24, 2.45) is 0 Å². The molecule has 1 atom stereocenters. The second kappa shape index (κ2) is 10.5. The Morgan fingerprint density at radius 3 is 2.47 bits per heavy atom. The lowest BCUT2D eigenvalue weighted by Crippen LogP contribution is -2.16. The molecular weight excluding hydrogens is 496 g/mol. The SMILES string of the molecule is C.COC(=O)Cc1cc2cc3sc(-c4onc(C)c4NC(=O)O[C@H](C)c4ccccc4)cc3cc2s1. The Kier molecular flexibility index (Phi) is 7.42. The number of hydrogen-bond acceptors (Lipinski definition) is 8. The van der Waals surface area contributed by atoms with Crippen LogP contribution in [0.5, 0.6) is 0 Å². The average molecular weight is 523 g/mol. The molecule has 0 saturated carbocycles. The van der Waals surface area contributed by atoms with Crippen molar-refractivity contribution in [3.05, 3.63) is 70.7 Å². The lowest BCUT2D eigenvalue weighted by atomic mass is 10.1. The van der Waals surface area contributed by atoms with Crippen LogP contribution in [0.15, 0.2) is 59.1 Å². The van der Waals surface area contributed by atoms with Gasteiger partial charge in [-0.25, -0.2) is 4.79 Å². The van der Waals surface area contributed by atoms with Gasteiger partial charge in [0.15, 0.2) is 0 Å². The number of benzene rings is 2. The van der Waals surface area contributed by atoms with E-state index in [1.54, 1.807) is 29.6 Å². The summed E-state index contributed by atoms with van der Waals surface area (Å²) in [5.41, 5.74) is 1.96. The van der Waals surface area contributed by atoms with E-state index in [2.05, 4.69) is 22.6 Å². The summed E-state index contributed by atoms with van der Waals surface area (Å²) < 4.78 is 18.1. The molecule has 0 aliphatic carbocycles. The van der Waals surface area contributed by atoms with Crippen LogP contribution in [0.3, 0.4) is 0 Å². The first-order valence-electron chi connectivity index (χ1n) is 10.9. The van der Waals surface area contributed by atoms with Gasteiger partial charge in [-0.1, -0.05) is 42.9 Å². The largest absolute Gasteiger partial charge is 0.469 e. The zero-order valence-electron chi connectivity index (χ0n) is 19.3. The molecule has 1 amide bonds. The Bertz CT molecular complexity index is 1480. The molecule has 3 aromatic heterocycles. The van der Waals surface area contributed by atoms with E-state index in [4.69, 9.17) is 14.0 Å². The van der Waals surface area contributed by atoms with Crippen molar-refractivity contribution in [2.45, 2.75) is 33.8 Å². The van der Waals surface area contributed by atoms with Gasteiger partial charge in [0.2, 0.25) is 5.76 Å². The fourth-order valence-corrected chi connectivity index (χ4v) is 5.97. The number of anilines is 1. The molecule has 0 aliphatic rings. The number of rotatable bonds is 6. The van der Waals surface area contributed by atoms with Crippen molar-refractivity contribution < 1.29 is 23.6 Å². The van der Waals surface area contributed by atoms with Crippen LogP contribution in [0.4, 0.5) is 10.5 Å². The van der Waals surface area contributed by atoms with Crippen molar-refractivity contribution in [1.82, 2.24) is 5.16 Å². The highest BCUT2D eigenvalue weighted by atomic mass is 32.1. The summed E-state index contributed by atoms with van der Waals surface area (Å²) in [5.74, 6) is 0.237. The van der Waals surface area contributed by atoms with Gasteiger partial charge < -0.3 is 14.0 Å². The molecule has 186 valence electrons. The number of methoxy groups -OCH3 is 1. The average Bonchev–Trinajstić information content (AvgIpc) is 3.53. The zero-order chi connectivity index (χ0) is 24.5. The number of thiophene rings is 2. The van der Waals surface area contributed by atoms with Crippen molar-refractivity contribution in [1.29, 1.82) is 0 Å². The van der Waals surface area contributed by atoms with Gasteiger partial charge in [-0.2, -0.15) is 0 Å². The molecule has 0 bridgehead atoms. The Labute approximate surface area is 216 Å². The van der Waals surface area contributed by atoms with E-state index in [9.17, 15) is 9.59 Å². The quantitative estimate of drug-likeness (QED) is 0.229. The van der Waals surface area contributed by atoms with E-state index in [0.29, 0.717) is 17.1 Å². The zero-order valence-corrected chi connectivity index (χ0v) is 20.9. The first kappa shape index (κ1) is 25.4. The second-order valence-electron chi connectivity index (χ2n) is 8.06. The van der Waals surface area contributed by atoms with E-state index in [-0.39, 0.29) is 19.8 Å². The third-order valence-corrected chi connectivity index (χ3v) is 7.81. The fourth-order valence-electron chi connectivity index (χ4n) is 3.81. The molecule has 0 radical (unpaired) electrons. The van der Waals surface area contributed by atoms with E-state index >= 15 is 0 Å². The summed E-state index contributed by atoms with van der Waals surface area (Å²) in [4.78, 5) is 26.1. The smallest absolute Gasteiger partial charge is 0.412 e. The van der Waals surface area contributed by atoms with Crippen molar-refractivity contribution in [2.75, 3.05) is 12.4 Å². The van der Waals surface area contributed by atoms with Gasteiger partial charge in [0.25, 0.3) is 0 Å². The maximum absolute atomic E-state index is 12.6. The van der Waals surface area contributed by atoms with Crippen LogP contribution < -0.4 is 5.32 Å². The number of esters is 1. The number of aromatic nitrogens is 1. The van der Waals surface area contributed by atoms with Crippen LogP contribution in [0.2, 0.25) is 0 Å². The van der Waals surface area contributed by atoms with Crippen LogP contribution in [0.25, 0.3) is 30.8 Å². The Morgan fingerprint density at radius 2 is 1.75 bits per heavy atom. The Balaban J connectivity index is 0.00000304. The highest BCUT2D eigenvalue weighted by Crippen LogP contribution is 2.41. The monoisotopic (exact) mass is 522 g/mol. The number of hydrogen-bond donors (Lipinski definition) is 1. The molecule has 3 heterocycles. The number of fused-ring (bicyclic) bond motifs is 2. The molecule has 0 spiro atoms.